The van der Waals surface area contributed by atoms with Crippen molar-refractivity contribution in [2.24, 2.45) is 0 Å². The maximum Gasteiger partial charge on any atom is 0.242 e. The number of carbonyl (C=O) groups is 1. The lowest BCUT2D eigenvalue weighted by Gasteiger charge is -2.25. The van der Waals surface area contributed by atoms with Gasteiger partial charge in [-0.1, -0.05) is 28.1 Å². The maximum atomic E-state index is 13.0. The van der Waals surface area contributed by atoms with Crippen molar-refractivity contribution in [3.63, 3.8) is 0 Å². The van der Waals surface area contributed by atoms with Gasteiger partial charge in [-0.05, 0) is 61.2 Å². The highest BCUT2D eigenvalue weighted by molar-refractivity contribution is 9.10. The van der Waals surface area contributed by atoms with Crippen LogP contribution in [0.2, 0.25) is 0 Å². The van der Waals surface area contributed by atoms with Crippen molar-refractivity contribution in [1.29, 1.82) is 0 Å². The standard InChI is InChI=1S/C21H24BrFN2O3S/c1-24(29(27,28)19-12-10-18(23)11-13-19)14-3-5-21(26)25-15-2-4-20(25)16-6-8-17(22)9-7-16/h6-13,20H,2-5,14-15H2,1H3. The van der Waals surface area contributed by atoms with Crippen LogP contribution in [-0.2, 0) is 14.8 Å². The lowest BCUT2D eigenvalue weighted by atomic mass is 10.0. The van der Waals surface area contributed by atoms with Crippen LogP contribution in [0, 0.1) is 5.82 Å². The van der Waals surface area contributed by atoms with E-state index >= 15 is 0 Å². The summed E-state index contributed by atoms with van der Waals surface area (Å²) in [6.45, 7) is 0.950. The molecular weight excluding hydrogens is 459 g/mol. The third-order valence-corrected chi connectivity index (χ3v) is 7.61. The molecule has 0 aromatic heterocycles. The zero-order valence-corrected chi connectivity index (χ0v) is 18.6. The van der Waals surface area contributed by atoms with Crippen LogP contribution in [0.15, 0.2) is 57.9 Å². The topological polar surface area (TPSA) is 57.7 Å². The number of hydrogen-bond acceptors (Lipinski definition) is 3. The lowest BCUT2D eigenvalue weighted by molar-refractivity contribution is -0.132. The van der Waals surface area contributed by atoms with E-state index in [1.165, 1.54) is 23.5 Å². The van der Waals surface area contributed by atoms with E-state index in [0.29, 0.717) is 6.42 Å². The second kappa shape index (κ2) is 9.36. The van der Waals surface area contributed by atoms with Gasteiger partial charge in [0.1, 0.15) is 5.82 Å². The van der Waals surface area contributed by atoms with Crippen molar-refractivity contribution in [2.45, 2.75) is 36.6 Å². The summed E-state index contributed by atoms with van der Waals surface area (Å²) in [6, 6.07) is 12.8. The first-order valence-electron chi connectivity index (χ1n) is 9.56. The largest absolute Gasteiger partial charge is 0.336 e. The van der Waals surface area contributed by atoms with E-state index in [-0.39, 0.29) is 29.8 Å². The Morgan fingerprint density at radius 2 is 1.83 bits per heavy atom. The number of rotatable bonds is 7. The second-order valence-corrected chi connectivity index (χ2v) is 10.1. The Morgan fingerprint density at radius 1 is 1.17 bits per heavy atom. The Morgan fingerprint density at radius 3 is 2.48 bits per heavy atom. The quantitative estimate of drug-likeness (QED) is 0.589. The fourth-order valence-electron chi connectivity index (χ4n) is 3.60. The zero-order valence-electron chi connectivity index (χ0n) is 16.2. The van der Waals surface area contributed by atoms with Crippen LogP contribution in [-0.4, -0.2) is 43.7 Å². The van der Waals surface area contributed by atoms with Crippen molar-refractivity contribution in [3.05, 3.63) is 64.4 Å². The van der Waals surface area contributed by atoms with E-state index in [1.807, 2.05) is 29.2 Å². The molecule has 0 N–H and O–H groups in total. The van der Waals surface area contributed by atoms with Gasteiger partial charge in [0.2, 0.25) is 15.9 Å². The SMILES string of the molecule is CN(CCCC(=O)N1CCCC1c1ccc(Br)cc1)S(=O)(=O)c1ccc(F)cc1. The van der Waals surface area contributed by atoms with Gasteiger partial charge < -0.3 is 4.90 Å². The molecule has 5 nitrogen and oxygen atoms in total. The molecule has 29 heavy (non-hydrogen) atoms. The molecule has 8 heteroatoms. The van der Waals surface area contributed by atoms with Crippen LogP contribution in [0.25, 0.3) is 0 Å². The molecule has 2 aromatic rings. The van der Waals surface area contributed by atoms with Crippen LogP contribution in [0.1, 0.15) is 37.3 Å². The number of sulfonamides is 1. The number of hydrogen-bond donors (Lipinski definition) is 0. The Kier molecular flexibility index (Phi) is 7.08. The van der Waals surface area contributed by atoms with Crippen molar-refractivity contribution < 1.29 is 17.6 Å². The van der Waals surface area contributed by atoms with Crippen LogP contribution >= 0.6 is 15.9 Å². The summed E-state index contributed by atoms with van der Waals surface area (Å²) in [5.74, 6) is -0.439. The Labute approximate surface area is 179 Å². The zero-order chi connectivity index (χ0) is 21.0. The van der Waals surface area contributed by atoms with E-state index in [4.69, 9.17) is 0 Å². The summed E-state index contributed by atoms with van der Waals surface area (Å²) < 4.78 is 40.3. The molecule has 1 aliphatic rings. The minimum Gasteiger partial charge on any atom is -0.336 e. The maximum absolute atomic E-state index is 13.0. The van der Waals surface area contributed by atoms with Crippen LogP contribution in [0.4, 0.5) is 4.39 Å². The minimum atomic E-state index is -3.69. The number of amides is 1. The summed E-state index contributed by atoms with van der Waals surface area (Å²) in [5.41, 5.74) is 1.12. The van der Waals surface area contributed by atoms with Gasteiger partial charge in [-0.3, -0.25) is 4.79 Å². The summed E-state index contributed by atoms with van der Waals surface area (Å²) in [7, 11) is -2.22. The first-order valence-corrected chi connectivity index (χ1v) is 11.8. The smallest absolute Gasteiger partial charge is 0.242 e. The predicted molar refractivity (Wildman–Crippen MR) is 113 cm³/mol. The third-order valence-electron chi connectivity index (χ3n) is 5.21. The molecule has 1 saturated heterocycles. The molecule has 1 unspecified atom stereocenters. The fourth-order valence-corrected chi connectivity index (χ4v) is 5.07. The van der Waals surface area contributed by atoms with Crippen LogP contribution in [0.3, 0.4) is 0 Å². The molecule has 1 fully saturated rings. The molecule has 0 radical (unpaired) electrons. The Balaban J connectivity index is 1.56. The third kappa shape index (κ3) is 5.24. The van der Waals surface area contributed by atoms with E-state index in [2.05, 4.69) is 15.9 Å². The minimum absolute atomic E-state index is 0.0440. The number of halogens is 2. The van der Waals surface area contributed by atoms with Crippen molar-refractivity contribution >= 4 is 31.9 Å². The number of nitrogens with zero attached hydrogens (tertiary/aromatic N) is 2. The van der Waals surface area contributed by atoms with Gasteiger partial charge in [-0.25, -0.2) is 17.1 Å². The number of carbonyl (C=O) groups excluding carboxylic acids is 1. The fraction of sp³-hybridized carbons (Fsp3) is 0.381. The Hall–Kier alpha value is -1.77. The summed E-state index contributed by atoms with van der Waals surface area (Å²) in [4.78, 5) is 14.7. The average molecular weight is 483 g/mol. The average Bonchev–Trinajstić information content (AvgIpc) is 3.18. The first-order chi connectivity index (χ1) is 13.8. The second-order valence-electron chi connectivity index (χ2n) is 7.18. The monoisotopic (exact) mass is 482 g/mol. The first kappa shape index (κ1) is 21.9. The van der Waals surface area contributed by atoms with Crippen LogP contribution in [0.5, 0.6) is 0 Å². The van der Waals surface area contributed by atoms with Gasteiger partial charge in [0.25, 0.3) is 0 Å². The number of benzene rings is 2. The summed E-state index contributed by atoms with van der Waals surface area (Å²) in [6.07, 6.45) is 2.62. The highest BCUT2D eigenvalue weighted by Gasteiger charge is 2.29. The molecule has 1 heterocycles. The molecule has 156 valence electrons. The van der Waals surface area contributed by atoms with Gasteiger partial charge in [0.05, 0.1) is 10.9 Å². The highest BCUT2D eigenvalue weighted by atomic mass is 79.9. The lowest BCUT2D eigenvalue weighted by Crippen LogP contribution is -2.32. The molecule has 1 aliphatic heterocycles. The van der Waals surface area contributed by atoms with Gasteiger partial charge in [-0.15, -0.1) is 0 Å². The molecule has 2 aromatic carbocycles. The van der Waals surface area contributed by atoms with Gasteiger partial charge in [0.15, 0.2) is 0 Å². The Bertz CT molecular complexity index is 949. The molecule has 0 bridgehead atoms. The van der Waals surface area contributed by atoms with Gasteiger partial charge in [0, 0.05) is 31.0 Å². The number of likely N-dealkylation sites (tertiary alicyclic amines) is 1. The molecular formula is C21H24BrFN2O3S. The molecule has 3 rings (SSSR count). The van der Waals surface area contributed by atoms with Crippen molar-refractivity contribution in [3.8, 4) is 0 Å². The molecule has 1 atom stereocenters. The predicted octanol–water partition coefficient (Wildman–Crippen LogP) is 4.35. The van der Waals surface area contributed by atoms with Gasteiger partial charge >= 0.3 is 0 Å². The molecule has 0 spiro atoms. The summed E-state index contributed by atoms with van der Waals surface area (Å²) >= 11 is 3.43. The normalized spacial score (nSPS) is 17.1. The van der Waals surface area contributed by atoms with Crippen molar-refractivity contribution in [1.82, 2.24) is 9.21 Å². The highest BCUT2D eigenvalue weighted by Crippen LogP contribution is 2.33. The van der Waals surface area contributed by atoms with E-state index in [0.717, 1.165) is 41.6 Å². The van der Waals surface area contributed by atoms with Crippen molar-refractivity contribution in [2.75, 3.05) is 20.1 Å². The molecule has 1 amide bonds. The molecule has 0 saturated carbocycles. The van der Waals surface area contributed by atoms with E-state index in [9.17, 15) is 17.6 Å². The summed E-state index contributed by atoms with van der Waals surface area (Å²) in [5, 5.41) is 0. The van der Waals surface area contributed by atoms with E-state index < -0.39 is 15.8 Å². The van der Waals surface area contributed by atoms with E-state index in [1.54, 1.807) is 0 Å². The molecule has 0 aliphatic carbocycles. The van der Waals surface area contributed by atoms with Crippen LogP contribution < -0.4 is 0 Å². The van der Waals surface area contributed by atoms with Gasteiger partial charge in [-0.2, -0.15) is 0 Å².